The van der Waals surface area contributed by atoms with Gasteiger partial charge in [0.25, 0.3) is 5.91 Å². The van der Waals surface area contributed by atoms with Crippen LogP contribution in [0.2, 0.25) is 5.02 Å². The normalized spacial score (nSPS) is 10.8. The maximum Gasteiger partial charge on any atom is 0.343 e. The Morgan fingerprint density at radius 3 is 2.34 bits per heavy atom. The van der Waals surface area contributed by atoms with Crippen LogP contribution in [0.3, 0.4) is 0 Å². The minimum absolute atomic E-state index is 0.0948. The lowest BCUT2D eigenvalue weighted by Gasteiger charge is -2.08. The predicted molar refractivity (Wildman–Crippen MR) is 131 cm³/mol. The van der Waals surface area contributed by atoms with E-state index in [4.69, 9.17) is 21.1 Å². The molecule has 0 radical (unpaired) electrons. The summed E-state index contributed by atoms with van der Waals surface area (Å²) in [4.78, 5) is 24.7. The van der Waals surface area contributed by atoms with Gasteiger partial charge in [0.1, 0.15) is 23.1 Å². The first-order valence-corrected chi connectivity index (χ1v) is 10.7. The molecule has 0 aliphatic carbocycles. The number of amides is 1. The fraction of sp³-hybridized carbons (Fsp3) is 0.0417. The zero-order valence-corrected chi connectivity index (χ0v) is 19.7. The Morgan fingerprint density at radius 1 is 1.06 bits per heavy atom. The van der Waals surface area contributed by atoms with E-state index in [0.29, 0.717) is 22.6 Å². The van der Waals surface area contributed by atoms with E-state index in [1.54, 1.807) is 42.5 Å². The third-order valence-corrected chi connectivity index (χ3v) is 5.28. The van der Waals surface area contributed by atoms with Crippen molar-refractivity contribution >= 4 is 57.8 Å². The third kappa shape index (κ3) is 6.09. The third-order valence-electron chi connectivity index (χ3n) is 4.26. The van der Waals surface area contributed by atoms with Crippen molar-refractivity contribution in [3.8, 4) is 17.6 Å². The van der Waals surface area contributed by atoms with Crippen LogP contribution in [0.4, 0.5) is 5.69 Å². The number of halogens is 2. The van der Waals surface area contributed by atoms with E-state index in [1.807, 2.05) is 18.2 Å². The van der Waals surface area contributed by atoms with Crippen molar-refractivity contribution in [1.29, 1.82) is 5.26 Å². The topological polar surface area (TPSA) is 88.4 Å². The summed E-state index contributed by atoms with van der Waals surface area (Å²) < 4.78 is 11.4. The molecule has 32 heavy (non-hydrogen) atoms. The fourth-order valence-electron chi connectivity index (χ4n) is 2.62. The molecule has 8 heteroatoms. The molecule has 1 N–H and O–H groups in total. The number of benzene rings is 3. The van der Waals surface area contributed by atoms with Crippen LogP contribution < -0.4 is 14.8 Å². The van der Waals surface area contributed by atoms with Gasteiger partial charge in [0.15, 0.2) is 0 Å². The Labute approximate surface area is 203 Å². The summed E-state index contributed by atoms with van der Waals surface area (Å²) in [6.07, 6.45) is 1.41. The minimum Gasteiger partial charge on any atom is -0.497 e. The second-order valence-electron chi connectivity index (χ2n) is 6.44. The van der Waals surface area contributed by atoms with Gasteiger partial charge in [-0.2, -0.15) is 5.26 Å². The molecule has 0 unspecified atom stereocenters. The van der Waals surface area contributed by atoms with Crippen molar-refractivity contribution in [3.63, 3.8) is 0 Å². The molecule has 0 aliphatic heterocycles. The fourth-order valence-corrected chi connectivity index (χ4v) is 3.21. The molecule has 0 heterocycles. The number of anilines is 1. The SMILES string of the molecule is COc1ccc(C(=O)Oc2ccc(/C=C(\C#N)C(=O)Nc3ccc(I)cc3)cc2Cl)cc1. The van der Waals surface area contributed by atoms with Gasteiger partial charge >= 0.3 is 5.97 Å². The van der Waals surface area contributed by atoms with Crippen LogP contribution in [0.5, 0.6) is 11.5 Å². The minimum atomic E-state index is -0.576. The number of ether oxygens (including phenoxy) is 2. The molecule has 0 spiro atoms. The van der Waals surface area contributed by atoms with Crippen molar-refractivity contribution in [1.82, 2.24) is 0 Å². The lowest BCUT2D eigenvalue weighted by molar-refractivity contribution is -0.112. The Hall–Kier alpha value is -3.35. The molecule has 0 aliphatic rings. The average molecular weight is 559 g/mol. The highest BCUT2D eigenvalue weighted by molar-refractivity contribution is 14.1. The monoisotopic (exact) mass is 558 g/mol. The zero-order valence-electron chi connectivity index (χ0n) is 16.8. The van der Waals surface area contributed by atoms with Crippen LogP contribution in [0.1, 0.15) is 15.9 Å². The van der Waals surface area contributed by atoms with Gasteiger partial charge in [0.05, 0.1) is 17.7 Å². The number of methoxy groups -OCH3 is 1. The lowest BCUT2D eigenvalue weighted by atomic mass is 10.1. The van der Waals surface area contributed by atoms with Crippen molar-refractivity contribution in [3.05, 3.63) is 92.0 Å². The Balaban J connectivity index is 1.73. The molecule has 3 aromatic carbocycles. The molecule has 0 aromatic heterocycles. The van der Waals surface area contributed by atoms with Gasteiger partial charge in [-0.1, -0.05) is 17.7 Å². The molecule has 3 rings (SSSR count). The smallest absolute Gasteiger partial charge is 0.343 e. The van der Waals surface area contributed by atoms with E-state index in [2.05, 4.69) is 27.9 Å². The summed E-state index contributed by atoms with van der Waals surface area (Å²) in [6.45, 7) is 0. The van der Waals surface area contributed by atoms with E-state index >= 15 is 0 Å². The first kappa shape index (κ1) is 23.3. The second kappa shape index (κ2) is 10.8. The van der Waals surface area contributed by atoms with Gasteiger partial charge in [-0.15, -0.1) is 0 Å². The number of hydrogen-bond donors (Lipinski definition) is 1. The predicted octanol–water partition coefficient (Wildman–Crippen LogP) is 5.72. The maximum absolute atomic E-state index is 12.4. The van der Waals surface area contributed by atoms with Gasteiger partial charge in [-0.3, -0.25) is 4.79 Å². The summed E-state index contributed by atoms with van der Waals surface area (Å²) in [7, 11) is 1.53. The number of carbonyl (C=O) groups excluding carboxylic acids is 2. The van der Waals surface area contributed by atoms with Gasteiger partial charge in [-0.25, -0.2) is 4.79 Å². The molecule has 0 fully saturated rings. The largest absolute Gasteiger partial charge is 0.497 e. The molecular weight excluding hydrogens is 543 g/mol. The van der Waals surface area contributed by atoms with Crippen molar-refractivity contribution in [2.45, 2.75) is 0 Å². The highest BCUT2D eigenvalue weighted by Crippen LogP contribution is 2.27. The van der Waals surface area contributed by atoms with E-state index in [-0.39, 0.29) is 16.3 Å². The molecule has 6 nitrogen and oxygen atoms in total. The summed E-state index contributed by atoms with van der Waals surface area (Å²) in [5.41, 5.74) is 1.33. The zero-order chi connectivity index (χ0) is 23.1. The summed E-state index contributed by atoms with van der Waals surface area (Å²) in [5.74, 6) is -0.339. The van der Waals surface area contributed by atoms with E-state index in [9.17, 15) is 14.9 Å². The van der Waals surface area contributed by atoms with E-state index < -0.39 is 11.9 Å². The molecule has 0 atom stereocenters. The number of carbonyl (C=O) groups is 2. The lowest BCUT2D eigenvalue weighted by Crippen LogP contribution is -2.13. The number of rotatable bonds is 6. The number of nitrogens with one attached hydrogen (secondary N) is 1. The molecule has 0 saturated heterocycles. The van der Waals surface area contributed by atoms with Gasteiger partial charge in [-0.05, 0) is 94.9 Å². The standard InChI is InChI=1S/C24H16ClIN2O4/c1-31-20-9-3-16(4-10-20)24(30)32-22-11-2-15(13-21(22)25)12-17(14-27)23(29)28-19-7-5-18(26)6-8-19/h2-13H,1H3,(H,28,29)/b17-12+. The molecule has 0 bridgehead atoms. The number of hydrogen-bond acceptors (Lipinski definition) is 5. The quantitative estimate of drug-likeness (QED) is 0.137. The molecular formula is C24H16ClIN2O4. The first-order valence-electron chi connectivity index (χ1n) is 9.24. The van der Waals surface area contributed by atoms with Crippen molar-refractivity contribution < 1.29 is 19.1 Å². The Morgan fingerprint density at radius 2 is 1.75 bits per heavy atom. The molecule has 160 valence electrons. The van der Waals surface area contributed by atoms with Crippen molar-refractivity contribution in [2.24, 2.45) is 0 Å². The number of esters is 1. The second-order valence-corrected chi connectivity index (χ2v) is 8.09. The summed E-state index contributed by atoms with van der Waals surface area (Å²) in [6, 6.07) is 20.1. The molecule has 3 aromatic rings. The van der Waals surface area contributed by atoms with E-state index in [0.717, 1.165) is 3.57 Å². The first-order chi connectivity index (χ1) is 15.4. The van der Waals surface area contributed by atoms with Crippen LogP contribution in [0.25, 0.3) is 6.08 Å². The highest BCUT2D eigenvalue weighted by atomic mass is 127. The van der Waals surface area contributed by atoms with Crippen LogP contribution in [0.15, 0.2) is 72.3 Å². The van der Waals surface area contributed by atoms with Gasteiger partial charge in [0, 0.05) is 9.26 Å². The molecule has 0 saturated carbocycles. The van der Waals surface area contributed by atoms with Crippen LogP contribution in [-0.2, 0) is 4.79 Å². The number of nitriles is 1. The number of nitrogens with zero attached hydrogens (tertiary/aromatic N) is 1. The van der Waals surface area contributed by atoms with E-state index in [1.165, 1.54) is 25.3 Å². The van der Waals surface area contributed by atoms with Crippen LogP contribution >= 0.6 is 34.2 Å². The van der Waals surface area contributed by atoms with Crippen molar-refractivity contribution in [2.75, 3.05) is 12.4 Å². The van der Waals surface area contributed by atoms with Gasteiger partial charge < -0.3 is 14.8 Å². The molecule has 1 amide bonds. The van der Waals surface area contributed by atoms with Crippen LogP contribution in [0, 0.1) is 14.9 Å². The van der Waals surface area contributed by atoms with Gasteiger partial charge in [0.2, 0.25) is 0 Å². The Kier molecular flexibility index (Phi) is 7.87. The highest BCUT2D eigenvalue weighted by Gasteiger charge is 2.13. The summed E-state index contributed by atoms with van der Waals surface area (Å²) >= 11 is 8.41. The van der Waals surface area contributed by atoms with Crippen LogP contribution in [-0.4, -0.2) is 19.0 Å². The maximum atomic E-state index is 12.4. The average Bonchev–Trinajstić information content (AvgIpc) is 2.80. The Bertz CT molecular complexity index is 1220. The summed E-state index contributed by atoms with van der Waals surface area (Å²) in [5, 5.41) is 12.2.